The number of anilines is 1. The van der Waals surface area contributed by atoms with Gasteiger partial charge in [0.05, 0.1) is 20.8 Å². The van der Waals surface area contributed by atoms with Crippen molar-refractivity contribution in [3.63, 3.8) is 0 Å². The number of hydrogen-bond acceptors (Lipinski definition) is 4. The van der Waals surface area contributed by atoms with Crippen molar-refractivity contribution >= 4 is 17.6 Å². The van der Waals surface area contributed by atoms with Crippen molar-refractivity contribution in [3.05, 3.63) is 53.6 Å². The second-order valence-electron chi connectivity index (χ2n) is 7.78. The zero-order valence-corrected chi connectivity index (χ0v) is 17.6. The molecule has 0 aromatic heterocycles. The van der Waals surface area contributed by atoms with Gasteiger partial charge in [-0.25, -0.2) is 9.18 Å². The Morgan fingerprint density at radius 2 is 1.81 bits per heavy atom. The molecule has 2 aliphatic rings. The number of nitrogens with one attached hydrogen (secondary N) is 1. The first-order chi connectivity index (χ1) is 15.0. The summed E-state index contributed by atoms with van der Waals surface area (Å²) in [6.45, 7) is 0.933. The van der Waals surface area contributed by atoms with E-state index in [9.17, 15) is 14.0 Å². The maximum atomic E-state index is 14.3. The molecule has 164 valence electrons. The molecule has 4 rings (SSSR count). The van der Waals surface area contributed by atoms with Crippen LogP contribution in [0.5, 0.6) is 11.5 Å². The summed E-state index contributed by atoms with van der Waals surface area (Å²) >= 11 is 0. The van der Waals surface area contributed by atoms with E-state index in [-0.39, 0.29) is 18.9 Å². The minimum atomic E-state index is -1.23. The summed E-state index contributed by atoms with van der Waals surface area (Å²) in [6.07, 6.45) is -0.468. The van der Waals surface area contributed by atoms with Crippen LogP contribution >= 0.6 is 0 Å². The van der Waals surface area contributed by atoms with E-state index in [1.165, 1.54) is 24.7 Å². The molecule has 0 bridgehead atoms. The Kier molecular flexibility index (Phi) is 5.97. The molecule has 2 aromatic carbocycles. The van der Waals surface area contributed by atoms with Crippen LogP contribution in [-0.2, 0) is 17.8 Å². The normalized spacial score (nSPS) is 20.2. The van der Waals surface area contributed by atoms with Gasteiger partial charge in [-0.1, -0.05) is 24.3 Å². The van der Waals surface area contributed by atoms with Gasteiger partial charge in [0.2, 0.25) is 5.91 Å². The third kappa shape index (κ3) is 4.28. The average Bonchev–Trinajstić information content (AvgIpc) is 3.19. The second kappa shape index (κ2) is 8.83. The summed E-state index contributed by atoms with van der Waals surface area (Å²) in [5.74, 6) is 0.783. The molecule has 1 N–H and O–H groups in total. The zero-order valence-electron chi connectivity index (χ0n) is 17.6. The smallest absolute Gasteiger partial charge is 0.322 e. The number of amides is 3. The first kappa shape index (κ1) is 21.0. The van der Waals surface area contributed by atoms with Crippen LogP contribution in [0, 0.1) is 0 Å². The SMILES string of the molecule is COc1ccc(NC(=O)N2C[C@@H](F)C[C@H]2C(=O)N2CCc3ccccc3C2)cc1OC. The number of urea groups is 1. The number of likely N-dealkylation sites (tertiary alicyclic amines) is 1. The highest BCUT2D eigenvalue weighted by Gasteiger charge is 2.42. The zero-order chi connectivity index (χ0) is 22.0. The van der Waals surface area contributed by atoms with Gasteiger partial charge in [0, 0.05) is 31.3 Å². The molecule has 2 heterocycles. The predicted molar refractivity (Wildman–Crippen MR) is 114 cm³/mol. The van der Waals surface area contributed by atoms with Crippen LogP contribution < -0.4 is 14.8 Å². The molecule has 1 fully saturated rings. The van der Waals surface area contributed by atoms with Crippen LogP contribution in [0.3, 0.4) is 0 Å². The van der Waals surface area contributed by atoms with Gasteiger partial charge in [-0.05, 0) is 29.7 Å². The number of halogens is 1. The van der Waals surface area contributed by atoms with E-state index >= 15 is 0 Å². The van der Waals surface area contributed by atoms with Gasteiger partial charge in [-0.3, -0.25) is 4.79 Å². The van der Waals surface area contributed by atoms with Gasteiger partial charge >= 0.3 is 6.03 Å². The summed E-state index contributed by atoms with van der Waals surface area (Å²) in [6, 6.07) is 11.6. The van der Waals surface area contributed by atoms with E-state index in [1.807, 2.05) is 18.2 Å². The van der Waals surface area contributed by atoms with Crippen LogP contribution in [0.2, 0.25) is 0 Å². The number of methoxy groups -OCH3 is 2. The quantitative estimate of drug-likeness (QED) is 0.813. The van der Waals surface area contributed by atoms with Gasteiger partial charge in [0.1, 0.15) is 12.2 Å². The van der Waals surface area contributed by atoms with Crippen LogP contribution in [0.1, 0.15) is 17.5 Å². The molecule has 1 saturated heterocycles. The first-order valence-electron chi connectivity index (χ1n) is 10.3. The Labute approximate surface area is 180 Å². The first-order valence-corrected chi connectivity index (χ1v) is 10.3. The van der Waals surface area contributed by atoms with Crippen molar-refractivity contribution in [2.45, 2.75) is 31.6 Å². The lowest BCUT2D eigenvalue weighted by Gasteiger charge is -2.33. The fourth-order valence-electron chi connectivity index (χ4n) is 4.25. The molecule has 2 atom stereocenters. The molecule has 7 nitrogen and oxygen atoms in total. The van der Waals surface area contributed by atoms with E-state index in [0.717, 1.165) is 12.0 Å². The Morgan fingerprint density at radius 3 is 2.55 bits per heavy atom. The van der Waals surface area contributed by atoms with Crippen LogP contribution in [0.25, 0.3) is 0 Å². The van der Waals surface area contributed by atoms with Gasteiger partial charge in [0.15, 0.2) is 11.5 Å². The van der Waals surface area contributed by atoms with Crippen molar-refractivity contribution in [3.8, 4) is 11.5 Å². The fourth-order valence-corrected chi connectivity index (χ4v) is 4.25. The van der Waals surface area contributed by atoms with Gasteiger partial charge in [0.25, 0.3) is 0 Å². The number of nitrogens with zero attached hydrogens (tertiary/aromatic N) is 2. The number of carbonyl (C=O) groups is 2. The number of alkyl halides is 1. The Bertz CT molecular complexity index is 983. The molecular weight excluding hydrogens is 401 g/mol. The largest absolute Gasteiger partial charge is 0.493 e. The molecule has 2 aliphatic heterocycles. The lowest BCUT2D eigenvalue weighted by molar-refractivity contribution is -0.136. The third-order valence-corrected chi connectivity index (χ3v) is 5.87. The summed E-state index contributed by atoms with van der Waals surface area (Å²) in [7, 11) is 3.03. The highest BCUT2D eigenvalue weighted by Crippen LogP contribution is 2.31. The molecule has 0 aliphatic carbocycles. The predicted octanol–water partition coefficient (Wildman–Crippen LogP) is 3.23. The maximum absolute atomic E-state index is 14.3. The monoisotopic (exact) mass is 427 g/mol. The van der Waals surface area contributed by atoms with Crippen molar-refractivity contribution in [1.29, 1.82) is 0 Å². The molecule has 0 saturated carbocycles. The number of carbonyl (C=O) groups excluding carboxylic acids is 2. The highest BCUT2D eigenvalue weighted by atomic mass is 19.1. The van der Waals surface area contributed by atoms with Gasteiger partial charge < -0.3 is 24.6 Å². The molecule has 2 aromatic rings. The van der Waals surface area contributed by atoms with E-state index in [1.54, 1.807) is 23.1 Å². The van der Waals surface area contributed by atoms with Gasteiger partial charge in [-0.2, -0.15) is 0 Å². The lowest BCUT2D eigenvalue weighted by Crippen LogP contribution is -2.50. The van der Waals surface area contributed by atoms with E-state index < -0.39 is 18.2 Å². The maximum Gasteiger partial charge on any atom is 0.322 e. The number of benzene rings is 2. The molecule has 3 amide bonds. The van der Waals surface area contributed by atoms with Crippen LogP contribution in [0.4, 0.5) is 14.9 Å². The van der Waals surface area contributed by atoms with Crippen LogP contribution in [0.15, 0.2) is 42.5 Å². The van der Waals surface area contributed by atoms with Crippen molar-refractivity contribution in [1.82, 2.24) is 9.80 Å². The second-order valence-corrected chi connectivity index (χ2v) is 7.78. The molecular formula is C23H26FN3O4. The number of rotatable bonds is 4. The van der Waals surface area contributed by atoms with E-state index in [0.29, 0.717) is 30.3 Å². The average molecular weight is 427 g/mol. The molecule has 0 radical (unpaired) electrons. The Balaban J connectivity index is 1.47. The molecule has 0 unspecified atom stereocenters. The number of fused-ring (bicyclic) bond motifs is 1. The van der Waals surface area contributed by atoms with E-state index in [4.69, 9.17) is 9.47 Å². The fraction of sp³-hybridized carbons (Fsp3) is 0.391. The highest BCUT2D eigenvalue weighted by molar-refractivity contribution is 5.94. The standard InChI is InChI=1S/C23H26FN3O4/c1-30-20-8-7-18(12-21(20)31-2)25-23(29)27-14-17(24)11-19(27)22(28)26-10-9-15-5-3-4-6-16(15)13-26/h3-8,12,17,19H,9-11,13-14H2,1-2H3,(H,25,29)/t17-,19-/m0/s1. The minimum Gasteiger partial charge on any atom is -0.493 e. The Hall–Kier alpha value is -3.29. The Morgan fingerprint density at radius 1 is 1.06 bits per heavy atom. The van der Waals surface area contributed by atoms with Crippen molar-refractivity contribution in [2.75, 3.05) is 32.6 Å². The minimum absolute atomic E-state index is 0.0103. The third-order valence-electron chi connectivity index (χ3n) is 5.87. The number of hydrogen-bond donors (Lipinski definition) is 1. The number of ether oxygens (including phenoxy) is 2. The molecule has 8 heteroatoms. The lowest BCUT2D eigenvalue weighted by atomic mass is 9.99. The molecule has 0 spiro atoms. The molecule has 31 heavy (non-hydrogen) atoms. The summed E-state index contributed by atoms with van der Waals surface area (Å²) in [4.78, 5) is 29.1. The van der Waals surface area contributed by atoms with Crippen LogP contribution in [-0.4, -0.2) is 61.3 Å². The van der Waals surface area contributed by atoms with Gasteiger partial charge in [-0.15, -0.1) is 0 Å². The summed E-state index contributed by atoms with van der Waals surface area (Å²) < 4.78 is 24.7. The topological polar surface area (TPSA) is 71.1 Å². The summed E-state index contributed by atoms with van der Waals surface area (Å²) in [5.41, 5.74) is 2.80. The van der Waals surface area contributed by atoms with Crippen molar-refractivity contribution < 1.29 is 23.5 Å². The summed E-state index contributed by atoms with van der Waals surface area (Å²) in [5, 5.41) is 2.75. The van der Waals surface area contributed by atoms with E-state index in [2.05, 4.69) is 11.4 Å². The van der Waals surface area contributed by atoms with Crippen molar-refractivity contribution in [2.24, 2.45) is 0 Å².